The van der Waals surface area contributed by atoms with Crippen molar-refractivity contribution in [3.63, 3.8) is 0 Å². The van der Waals surface area contributed by atoms with Crippen molar-refractivity contribution in [2.75, 3.05) is 0 Å². The topological polar surface area (TPSA) is 38.0 Å². The highest BCUT2D eigenvalue weighted by Gasteiger charge is 2.14. The zero-order valence-corrected chi connectivity index (χ0v) is 11.3. The third kappa shape index (κ3) is 2.86. The van der Waals surface area contributed by atoms with E-state index in [1.54, 1.807) is 11.3 Å². The fourth-order valence-electron chi connectivity index (χ4n) is 2.10. The van der Waals surface area contributed by atoms with Gasteiger partial charge in [0.25, 0.3) is 0 Å². The van der Waals surface area contributed by atoms with Crippen molar-refractivity contribution in [1.29, 1.82) is 0 Å². The van der Waals surface area contributed by atoms with Gasteiger partial charge in [-0.1, -0.05) is 32.0 Å². The lowest BCUT2D eigenvalue weighted by atomic mass is 9.98. The Morgan fingerprint density at radius 2 is 2.00 bits per heavy atom. The minimum absolute atomic E-state index is 0.272. The van der Waals surface area contributed by atoms with Crippen molar-refractivity contribution in [3.8, 4) is 0 Å². The van der Waals surface area contributed by atoms with Crippen molar-refractivity contribution in [1.82, 2.24) is 5.43 Å². The Bertz CT molecular complexity index is 476. The van der Waals surface area contributed by atoms with Gasteiger partial charge in [0.1, 0.15) is 0 Å². The Morgan fingerprint density at radius 3 is 2.71 bits per heavy atom. The lowest BCUT2D eigenvalue weighted by Crippen LogP contribution is -2.28. The number of nitrogens with one attached hydrogen (secondary N) is 1. The summed E-state index contributed by atoms with van der Waals surface area (Å²) in [6.45, 7) is 4.50. The van der Waals surface area contributed by atoms with Crippen LogP contribution in [0, 0.1) is 5.92 Å². The molecule has 1 atom stereocenters. The summed E-state index contributed by atoms with van der Waals surface area (Å²) in [6, 6.07) is 8.80. The summed E-state index contributed by atoms with van der Waals surface area (Å²) < 4.78 is 1.34. The molecule has 2 aromatic rings. The van der Waals surface area contributed by atoms with Crippen LogP contribution in [0.15, 0.2) is 29.6 Å². The number of hydrazine groups is 1. The summed E-state index contributed by atoms with van der Waals surface area (Å²) in [5.74, 6) is 6.41. The highest BCUT2D eigenvalue weighted by Crippen LogP contribution is 2.32. The van der Waals surface area contributed by atoms with Crippen LogP contribution < -0.4 is 11.3 Å². The maximum Gasteiger partial charge on any atom is 0.0474 e. The van der Waals surface area contributed by atoms with Crippen LogP contribution in [0.25, 0.3) is 10.1 Å². The molecule has 3 heteroatoms. The molecule has 92 valence electrons. The lowest BCUT2D eigenvalue weighted by molar-refractivity contribution is 0.451. The van der Waals surface area contributed by atoms with Crippen molar-refractivity contribution in [2.24, 2.45) is 11.8 Å². The Morgan fingerprint density at radius 1 is 1.24 bits per heavy atom. The summed E-state index contributed by atoms with van der Waals surface area (Å²) >= 11 is 1.80. The summed E-state index contributed by atoms with van der Waals surface area (Å²) in [5, 5.41) is 3.57. The second kappa shape index (κ2) is 5.63. The van der Waals surface area contributed by atoms with E-state index in [2.05, 4.69) is 48.9 Å². The number of thiophene rings is 1. The Kier molecular flexibility index (Phi) is 4.15. The van der Waals surface area contributed by atoms with Gasteiger partial charge in [0.05, 0.1) is 0 Å². The molecular weight excluding hydrogens is 228 g/mol. The Balaban J connectivity index is 2.24. The normalized spacial score (nSPS) is 13.4. The lowest BCUT2D eigenvalue weighted by Gasteiger charge is -2.16. The SMILES string of the molecule is CC(C)CCC(NN)c1csc2ccccc12. The first-order valence-electron chi connectivity index (χ1n) is 6.14. The average molecular weight is 248 g/mol. The van der Waals surface area contributed by atoms with E-state index in [9.17, 15) is 0 Å². The molecule has 2 nitrogen and oxygen atoms in total. The van der Waals surface area contributed by atoms with Crippen molar-refractivity contribution in [2.45, 2.75) is 32.7 Å². The Labute approximate surface area is 107 Å². The van der Waals surface area contributed by atoms with Gasteiger partial charge in [-0.3, -0.25) is 11.3 Å². The molecule has 0 aliphatic rings. The van der Waals surface area contributed by atoms with Crippen LogP contribution in [0.2, 0.25) is 0 Å². The zero-order valence-electron chi connectivity index (χ0n) is 10.4. The van der Waals surface area contributed by atoms with Gasteiger partial charge in [0.2, 0.25) is 0 Å². The average Bonchev–Trinajstić information content (AvgIpc) is 2.74. The number of hydrogen-bond acceptors (Lipinski definition) is 3. The molecule has 0 amide bonds. The molecule has 1 aromatic heterocycles. The number of rotatable bonds is 5. The van der Waals surface area contributed by atoms with Crippen LogP contribution in [-0.2, 0) is 0 Å². The number of hydrogen-bond donors (Lipinski definition) is 2. The third-order valence-electron chi connectivity index (χ3n) is 3.12. The van der Waals surface area contributed by atoms with E-state index in [1.807, 2.05) is 0 Å². The quantitative estimate of drug-likeness (QED) is 0.623. The molecule has 0 spiro atoms. The highest BCUT2D eigenvalue weighted by atomic mass is 32.1. The number of benzene rings is 1. The van der Waals surface area contributed by atoms with Gasteiger partial charge in [0, 0.05) is 10.7 Å². The molecule has 0 bridgehead atoms. The van der Waals surface area contributed by atoms with Gasteiger partial charge in [-0.25, -0.2) is 0 Å². The van der Waals surface area contributed by atoms with Gasteiger partial charge >= 0.3 is 0 Å². The number of fused-ring (bicyclic) bond motifs is 1. The summed E-state index contributed by atoms with van der Waals surface area (Å²) in [5.41, 5.74) is 4.30. The molecule has 3 N–H and O–H groups in total. The first kappa shape index (κ1) is 12.6. The standard InChI is InChI=1S/C14H20N2S/c1-10(2)7-8-13(16-15)12-9-17-14-6-4-3-5-11(12)14/h3-6,9-10,13,16H,7-8,15H2,1-2H3. The largest absolute Gasteiger partial charge is 0.271 e. The minimum atomic E-state index is 0.272. The van der Waals surface area contributed by atoms with Crippen LogP contribution in [0.3, 0.4) is 0 Å². The van der Waals surface area contributed by atoms with E-state index in [-0.39, 0.29) is 6.04 Å². The smallest absolute Gasteiger partial charge is 0.0474 e. The summed E-state index contributed by atoms with van der Waals surface area (Å²) in [7, 11) is 0. The van der Waals surface area contributed by atoms with Gasteiger partial charge in [0.15, 0.2) is 0 Å². The first-order chi connectivity index (χ1) is 8.22. The molecule has 0 radical (unpaired) electrons. The van der Waals surface area contributed by atoms with Crippen LogP contribution in [0.1, 0.15) is 38.3 Å². The van der Waals surface area contributed by atoms with Crippen LogP contribution in [0.4, 0.5) is 0 Å². The first-order valence-corrected chi connectivity index (χ1v) is 7.02. The fourth-order valence-corrected chi connectivity index (χ4v) is 3.11. The molecule has 0 fully saturated rings. The van der Waals surface area contributed by atoms with E-state index in [0.29, 0.717) is 0 Å². The maximum atomic E-state index is 5.70. The molecule has 0 saturated carbocycles. The van der Waals surface area contributed by atoms with E-state index in [0.717, 1.165) is 12.3 Å². The van der Waals surface area contributed by atoms with Gasteiger partial charge in [-0.15, -0.1) is 11.3 Å². The van der Waals surface area contributed by atoms with Gasteiger partial charge in [-0.2, -0.15) is 0 Å². The van der Waals surface area contributed by atoms with Crippen LogP contribution in [0.5, 0.6) is 0 Å². The van der Waals surface area contributed by atoms with E-state index < -0.39 is 0 Å². The predicted octanol–water partition coefficient (Wildman–Crippen LogP) is 3.84. The molecule has 0 saturated heterocycles. The summed E-state index contributed by atoms with van der Waals surface area (Å²) in [6.07, 6.45) is 2.29. The molecule has 1 aromatic carbocycles. The van der Waals surface area contributed by atoms with Crippen LogP contribution >= 0.6 is 11.3 Å². The van der Waals surface area contributed by atoms with E-state index >= 15 is 0 Å². The molecule has 2 rings (SSSR count). The van der Waals surface area contributed by atoms with Crippen molar-refractivity contribution < 1.29 is 0 Å². The van der Waals surface area contributed by atoms with Crippen molar-refractivity contribution in [3.05, 3.63) is 35.2 Å². The molecule has 0 aliphatic carbocycles. The highest BCUT2D eigenvalue weighted by molar-refractivity contribution is 7.17. The molecule has 17 heavy (non-hydrogen) atoms. The monoisotopic (exact) mass is 248 g/mol. The molecule has 0 aliphatic heterocycles. The summed E-state index contributed by atoms with van der Waals surface area (Å²) in [4.78, 5) is 0. The fraction of sp³-hybridized carbons (Fsp3) is 0.429. The number of nitrogens with two attached hydrogens (primary N) is 1. The third-order valence-corrected chi connectivity index (χ3v) is 4.10. The van der Waals surface area contributed by atoms with Crippen molar-refractivity contribution >= 4 is 21.4 Å². The second-order valence-corrected chi connectivity index (χ2v) is 5.79. The second-order valence-electron chi connectivity index (χ2n) is 4.88. The maximum absolute atomic E-state index is 5.70. The van der Waals surface area contributed by atoms with E-state index in [4.69, 9.17) is 5.84 Å². The molecular formula is C14H20N2S. The van der Waals surface area contributed by atoms with Gasteiger partial charge < -0.3 is 0 Å². The Hall–Kier alpha value is -0.900. The van der Waals surface area contributed by atoms with E-state index in [1.165, 1.54) is 22.1 Å². The molecule has 1 heterocycles. The van der Waals surface area contributed by atoms with Gasteiger partial charge in [-0.05, 0) is 41.2 Å². The predicted molar refractivity (Wildman–Crippen MR) is 76.0 cm³/mol. The molecule has 1 unspecified atom stereocenters. The minimum Gasteiger partial charge on any atom is -0.271 e. The zero-order chi connectivity index (χ0) is 12.3. The van der Waals surface area contributed by atoms with Crippen LogP contribution in [-0.4, -0.2) is 0 Å².